The molecule has 6 nitrogen and oxygen atoms in total. The maximum absolute atomic E-state index is 11.9. The SMILES string of the molecule is Cn1cccc1C(=O)N1CC(=O)NC(=O)C1. The van der Waals surface area contributed by atoms with E-state index in [0.717, 1.165) is 0 Å². The molecule has 0 bridgehead atoms. The number of hydrogen-bond acceptors (Lipinski definition) is 3. The van der Waals surface area contributed by atoms with Gasteiger partial charge >= 0.3 is 0 Å². The monoisotopic (exact) mass is 221 g/mol. The first-order chi connectivity index (χ1) is 7.58. The Morgan fingerprint density at radius 1 is 1.31 bits per heavy atom. The van der Waals surface area contributed by atoms with Crippen LogP contribution in [0, 0.1) is 0 Å². The van der Waals surface area contributed by atoms with Gasteiger partial charge in [-0.3, -0.25) is 19.7 Å². The summed E-state index contributed by atoms with van der Waals surface area (Å²) in [5, 5.41) is 2.15. The Bertz CT molecular complexity index is 448. The van der Waals surface area contributed by atoms with Gasteiger partial charge < -0.3 is 9.47 Å². The number of aryl methyl sites for hydroxylation is 1. The van der Waals surface area contributed by atoms with E-state index in [1.54, 1.807) is 29.9 Å². The van der Waals surface area contributed by atoms with Crippen molar-refractivity contribution in [1.82, 2.24) is 14.8 Å². The Kier molecular flexibility index (Phi) is 2.47. The van der Waals surface area contributed by atoms with Gasteiger partial charge in [0, 0.05) is 13.2 Å². The lowest BCUT2D eigenvalue weighted by atomic mass is 10.3. The fraction of sp³-hybridized carbons (Fsp3) is 0.300. The minimum Gasteiger partial charge on any atom is -0.347 e. The molecule has 0 radical (unpaired) electrons. The molecular weight excluding hydrogens is 210 g/mol. The van der Waals surface area contributed by atoms with Gasteiger partial charge in [-0.05, 0) is 12.1 Å². The van der Waals surface area contributed by atoms with Gasteiger partial charge in [-0.15, -0.1) is 0 Å². The van der Waals surface area contributed by atoms with Crippen LogP contribution in [0.15, 0.2) is 18.3 Å². The van der Waals surface area contributed by atoms with E-state index in [2.05, 4.69) is 5.32 Å². The van der Waals surface area contributed by atoms with Gasteiger partial charge in [0.25, 0.3) is 5.91 Å². The molecule has 0 aliphatic carbocycles. The van der Waals surface area contributed by atoms with Crippen molar-refractivity contribution in [2.45, 2.75) is 0 Å². The normalized spacial score (nSPS) is 16.2. The number of carbonyl (C=O) groups is 3. The van der Waals surface area contributed by atoms with Gasteiger partial charge in [-0.25, -0.2) is 0 Å². The third-order valence-corrected chi connectivity index (χ3v) is 2.40. The zero-order valence-electron chi connectivity index (χ0n) is 8.77. The fourth-order valence-corrected chi connectivity index (χ4v) is 1.63. The van der Waals surface area contributed by atoms with Crippen LogP contribution in [0.4, 0.5) is 0 Å². The predicted octanol–water partition coefficient (Wildman–Crippen LogP) is -0.876. The first kappa shape index (κ1) is 10.4. The summed E-state index contributed by atoms with van der Waals surface area (Å²) >= 11 is 0. The van der Waals surface area contributed by atoms with Crippen molar-refractivity contribution in [3.8, 4) is 0 Å². The first-order valence-corrected chi connectivity index (χ1v) is 4.81. The molecule has 1 aliphatic rings. The van der Waals surface area contributed by atoms with Crippen LogP contribution < -0.4 is 5.32 Å². The Morgan fingerprint density at radius 2 is 1.94 bits per heavy atom. The number of rotatable bonds is 1. The molecule has 16 heavy (non-hydrogen) atoms. The lowest BCUT2D eigenvalue weighted by Gasteiger charge is -2.25. The predicted molar refractivity (Wildman–Crippen MR) is 54.5 cm³/mol. The second-order valence-electron chi connectivity index (χ2n) is 3.64. The Balaban J connectivity index is 2.19. The number of piperazine rings is 1. The summed E-state index contributed by atoms with van der Waals surface area (Å²) in [7, 11) is 1.74. The highest BCUT2D eigenvalue weighted by Crippen LogP contribution is 2.06. The molecule has 1 fully saturated rings. The Hall–Kier alpha value is -2.11. The molecule has 1 aromatic heterocycles. The highest BCUT2D eigenvalue weighted by Gasteiger charge is 2.27. The summed E-state index contributed by atoms with van der Waals surface area (Å²) in [6, 6.07) is 3.39. The van der Waals surface area contributed by atoms with Crippen LogP contribution in [-0.4, -0.2) is 40.3 Å². The van der Waals surface area contributed by atoms with Crippen molar-refractivity contribution in [2.75, 3.05) is 13.1 Å². The van der Waals surface area contributed by atoms with Gasteiger partial charge in [0.05, 0.1) is 0 Å². The van der Waals surface area contributed by atoms with Gasteiger partial charge in [0.15, 0.2) is 0 Å². The summed E-state index contributed by atoms with van der Waals surface area (Å²) in [4.78, 5) is 35.4. The summed E-state index contributed by atoms with van der Waals surface area (Å²) in [6.07, 6.45) is 1.74. The van der Waals surface area contributed by atoms with E-state index in [-0.39, 0.29) is 19.0 Å². The summed E-state index contributed by atoms with van der Waals surface area (Å²) in [5.41, 5.74) is 0.461. The summed E-state index contributed by atoms with van der Waals surface area (Å²) in [5.74, 6) is -1.20. The molecule has 1 aliphatic heterocycles. The van der Waals surface area contributed by atoms with Crippen molar-refractivity contribution in [2.24, 2.45) is 7.05 Å². The van der Waals surface area contributed by atoms with E-state index < -0.39 is 11.8 Å². The minimum atomic E-state index is -0.446. The number of nitrogens with zero attached hydrogens (tertiary/aromatic N) is 2. The molecule has 84 valence electrons. The topological polar surface area (TPSA) is 71.4 Å². The smallest absolute Gasteiger partial charge is 0.271 e. The molecule has 0 unspecified atom stereocenters. The van der Waals surface area contributed by atoms with E-state index >= 15 is 0 Å². The van der Waals surface area contributed by atoms with Crippen molar-refractivity contribution in [1.29, 1.82) is 0 Å². The number of aromatic nitrogens is 1. The van der Waals surface area contributed by atoms with E-state index in [9.17, 15) is 14.4 Å². The molecular formula is C10H11N3O3. The van der Waals surface area contributed by atoms with Crippen molar-refractivity contribution in [3.63, 3.8) is 0 Å². The lowest BCUT2D eigenvalue weighted by Crippen LogP contribution is -2.53. The molecule has 1 N–H and O–H groups in total. The molecule has 3 amide bonds. The molecule has 0 saturated carbocycles. The average Bonchev–Trinajstić information content (AvgIpc) is 2.62. The van der Waals surface area contributed by atoms with E-state index in [4.69, 9.17) is 0 Å². The van der Waals surface area contributed by atoms with Crippen molar-refractivity contribution < 1.29 is 14.4 Å². The Labute approximate surface area is 91.8 Å². The first-order valence-electron chi connectivity index (χ1n) is 4.81. The molecule has 0 atom stereocenters. The average molecular weight is 221 g/mol. The highest BCUT2D eigenvalue weighted by molar-refractivity contribution is 6.05. The number of imide groups is 1. The van der Waals surface area contributed by atoms with Crippen LogP contribution in [0.5, 0.6) is 0 Å². The van der Waals surface area contributed by atoms with Crippen LogP contribution >= 0.6 is 0 Å². The quantitative estimate of drug-likeness (QED) is 0.626. The van der Waals surface area contributed by atoms with Gasteiger partial charge in [-0.2, -0.15) is 0 Å². The standard InChI is InChI=1S/C10H11N3O3/c1-12-4-2-3-7(12)10(16)13-5-8(14)11-9(15)6-13/h2-4H,5-6H2,1H3,(H,11,14,15). The maximum Gasteiger partial charge on any atom is 0.271 e. The van der Waals surface area contributed by atoms with Crippen molar-refractivity contribution in [3.05, 3.63) is 24.0 Å². The molecule has 0 spiro atoms. The molecule has 1 aromatic rings. The molecule has 2 heterocycles. The number of amides is 3. The largest absolute Gasteiger partial charge is 0.347 e. The van der Waals surface area contributed by atoms with Gasteiger partial charge in [0.2, 0.25) is 11.8 Å². The van der Waals surface area contributed by atoms with Crippen LogP contribution in [0.1, 0.15) is 10.5 Å². The van der Waals surface area contributed by atoms with Gasteiger partial charge in [0.1, 0.15) is 18.8 Å². The number of carbonyl (C=O) groups excluding carboxylic acids is 3. The maximum atomic E-state index is 11.9. The Morgan fingerprint density at radius 3 is 2.44 bits per heavy atom. The second-order valence-corrected chi connectivity index (χ2v) is 3.64. The van der Waals surface area contributed by atoms with Crippen LogP contribution in [0.3, 0.4) is 0 Å². The van der Waals surface area contributed by atoms with E-state index in [0.29, 0.717) is 5.69 Å². The summed E-state index contributed by atoms with van der Waals surface area (Å²) < 4.78 is 1.65. The van der Waals surface area contributed by atoms with E-state index in [1.165, 1.54) is 4.90 Å². The minimum absolute atomic E-state index is 0.0737. The third-order valence-electron chi connectivity index (χ3n) is 2.40. The van der Waals surface area contributed by atoms with Gasteiger partial charge in [-0.1, -0.05) is 0 Å². The molecule has 2 rings (SSSR count). The van der Waals surface area contributed by atoms with Crippen LogP contribution in [-0.2, 0) is 16.6 Å². The van der Waals surface area contributed by atoms with Crippen molar-refractivity contribution >= 4 is 17.7 Å². The van der Waals surface area contributed by atoms with Crippen LogP contribution in [0.2, 0.25) is 0 Å². The third kappa shape index (κ3) is 1.81. The highest BCUT2D eigenvalue weighted by atomic mass is 16.2. The molecule has 6 heteroatoms. The number of nitrogens with one attached hydrogen (secondary N) is 1. The van der Waals surface area contributed by atoms with E-state index in [1.807, 2.05) is 0 Å². The fourth-order valence-electron chi connectivity index (χ4n) is 1.63. The zero-order valence-corrected chi connectivity index (χ0v) is 8.77. The molecule has 1 saturated heterocycles. The second kappa shape index (κ2) is 3.80. The zero-order chi connectivity index (χ0) is 11.7. The lowest BCUT2D eigenvalue weighted by molar-refractivity contribution is -0.135. The van der Waals surface area contributed by atoms with Crippen LogP contribution in [0.25, 0.3) is 0 Å². The number of hydrogen-bond donors (Lipinski definition) is 1. The molecule has 0 aromatic carbocycles. The summed E-state index contributed by atoms with van der Waals surface area (Å²) in [6.45, 7) is -0.147.